The molecule has 3 heterocycles. The van der Waals surface area contributed by atoms with Gasteiger partial charge >= 0.3 is 0 Å². The normalized spacial score (nSPS) is 14.5. The molecule has 0 bridgehead atoms. The number of aromatic hydroxyl groups is 1. The molecule has 1 saturated heterocycles. The number of piperidine rings is 1. The van der Waals surface area contributed by atoms with Crippen molar-refractivity contribution in [3.63, 3.8) is 0 Å². The minimum Gasteiger partial charge on any atom is -0.494 e. The van der Waals surface area contributed by atoms with Crippen LogP contribution in [0.2, 0.25) is 0 Å². The van der Waals surface area contributed by atoms with Crippen LogP contribution in [-0.4, -0.2) is 54.8 Å². The fraction of sp³-hybridized carbons (Fsp3) is 0.273. The van der Waals surface area contributed by atoms with Crippen LogP contribution in [0.5, 0.6) is 5.88 Å². The fourth-order valence-electron chi connectivity index (χ4n) is 5.70. The second kappa shape index (κ2) is 12.0. The maximum atomic E-state index is 11.6. The van der Waals surface area contributed by atoms with E-state index in [-0.39, 0.29) is 11.6 Å². The number of non-ortho nitro benzene ring substituents is 1. The molecule has 0 aliphatic carbocycles. The van der Waals surface area contributed by atoms with E-state index in [1.807, 2.05) is 54.2 Å². The number of nitrogens with one attached hydrogen (secondary N) is 1. The number of H-pyrrole nitrogens is 1. The Hall–Kier alpha value is -4.76. The lowest BCUT2D eigenvalue weighted by molar-refractivity contribution is -0.384. The molecule has 5 aromatic rings. The highest BCUT2D eigenvalue weighted by molar-refractivity contribution is 6.22. The summed E-state index contributed by atoms with van der Waals surface area (Å²) < 4.78 is 1.90. The molecule has 0 amide bonds. The lowest BCUT2D eigenvalue weighted by atomic mass is 9.98. The van der Waals surface area contributed by atoms with Gasteiger partial charge in [-0.2, -0.15) is 0 Å². The molecule has 3 aromatic carbocycles. The number of aryl methyl sites for hydroxylation is 2. The van der Waals surface area contributed by atoms with Gasteiger partial charge in [0.05, 0.1) is 33.9 Å². The minimum atomic E-state index is -0.431. The number of aliphatic imine (C=N–C) groups is 1. The van der Waals surface area contributed by atoms with Gasteiger partial charge in [0.2, 0.25) is 0 Å². The van der Waals surface area contributed by atoms with Crippen LogP contribution in [0.25, 0.3) is 22.2 Å². The van der Waals surface area contributed by atoms with Crippen LogP contribution in [0.15, 0.2) is 84.2 Å². The van der Waals surface area contributed by atoms with Crippen molar-refractivity contribution >= 4 is 28.0 Å². The van der Waals surface area contributed by atoms with Gasteiger partial charge in [-0.05, 0) is 69.1 Å². The van der Waals surface area contributed by atoms with Gasteiger partial charge in [0.15, 0.2) is 5.88 Å². The zero-order valence-corrected chi connectivity index (χ0v) is 23.7. The number of nitro groups is 1. The molecule has 1 aliphatic rings. The van der Waals surface area contributed by atoms with E-state index in [2.05, 4.69) is 27.0 Å². The Morgan fingerprint density at radius 2 is 1.81 bits per heavy atom. The molecule has 2 N–H and O–H groups in total. The van der Waals surface area contributed by atoms with E-state index >= 15 is 0 Å². The number of nitro benzene ring substituents is 1. The summed E-state index contributed by atoms with van der Waals surface area (Å²) in [6, 6.07) is 20.5. The number of hydrogen-bond donors (Lipinski definition) is 2. The molecule has 0 spiro atoms. The van der Waals surface area contributed by atoms with Crippen LogP contribution >= 0.6 is 0 Å². The van der Waals surface area contributed by atoms with E-state index in [1.165, 1.54) is 50.0 Å². The molecular weight excluding hydrogens is 528 g/mol. The Labute approximate surface area is 244 Å². The van der Waals surface area contributed by atoms with E-state index in [4.69, 9.17) is 4.99 Å². The lowest BCUT2D eigenvalue weighted by Crippen LogP contribution is -2.30. The van der Waals surface area contributed by atoms with Gasteiger partial charge < -0.3 is 19.6 Å². The summed E-state index contributed by atoms with van der Waals surface area (Å²) in [6.07, 6.45) is 9.75. The Bertz CT molecular complexity index is 1730. The van der Waals surface area contributed by atoms with Crippen molar-refractivity contribution in [2.45, 2.75) is 32.1 Å². The molecule has 214 valence electrons. The highest BCUT2D eigenvalue weighted by Gasteiger charge is 2.21. The summed E-state index contributed by atoms with van der Waals surface area (Å²) in [4.78, 5) is 26.1. The number of rotatable bonds is 9. The van der Waals surface area contributed by atoms with Crippen LogP contribution < -0.4 is 0 Å². The summed E-state index contributed by atoms with van der Waals surface area (Å²) >= 11 is 0. The molecule has 0 atom stereocenters. The maximum absolute atomic E-state index is 11.6. The highest BCUT2D eigenvalue weighted by atomic mass is 16.6. The van der Waals surface area contributed by atoms with Crippen LogP contribution in [0, 0.1) is 10.1 Å². The number of likely N-dealkylation sites (tertiary alicyclic amines) is 1. The molecule has 9 nitrogen and oxygen atoms in total. The standard InChI is InChI=1S/C33H34N6O3/c1-37-21-30(34-22-37)24-11-13-26(14-12-24)35-32(31-28-20-27(39(41)42)15-16-29(28)36-33(31)40)25-9-7-23(8-10-25)6-5-19-38-17-3-2-4-18-38/h7-16,20-22,36,40H,2-6,17-19H2,1H3. The average Bonchev–Trinajstić information content (AvgIpc) is 3.59. The van der Waals surface area contributed by atoms with Gasteiger partial charge in [0, 0.05) is 47.4 Å². The van der Waals surface area contributed by atoms with Crippen molar-refractivity contribution in [1.29, 1.82) is 0 Å². The molecular formula is C33H34N6O3. The van der Waals surface area contributed by atoms with Crippen LogP contribution in [0.4, 0.5) is 11.4 Å². The third-order valence-corrected chi connectivity index (χ3v) is 7.93. The summed E-state index contributed by atoms with van der Waals surface area (Å²) in [5.74, 6) is -0.0834. The first kappa shape index (κ1) is 27.4. The summed E-state index contributed by atoms with van der Waals surface area (Å²) in [6.45, 7) is 3.52. The van der Waals surface area contributed by atoms with E-state index in [0.29, 0.717) is 27.9 Å². The van der Waals surface area contributed by atoms with Crippen molar-refractivity contribution in [3.8, 4) is 17.1 Å². The van der Waals surface area contributed by atoms with Gasteiger partial charge in [-0.25, -0.2) is 9.98 Å². The Morgan fingerprint density at radius 3 is 2.50 bits per heavy atom. The quantitative estimate of drug-likeness (QED) is 0.117. The highest BCUT2D eigenvalue weighted by Crippen LogP contribution is 2.34. The largest absolute Gasteiger partial charge is 0.494 e. The van der Waals surface area contributed by atoms with Gasteiger partial charge in [0.25, 0.3) is 5.69 Å². The van der Waals surface area contributed by atoms with Crippen molar-refractivity contribution in [1.82, 2.24) is 19.4 Å². The minimum absolute atomic E-state index is 0.0501. The van der Waals surface area contributed by atoms with Gasteiger partial charge in [-0.3, -0.25) is 10.1 Å². The van der Waals surface area contributed by atoms with Crippen molar-refractivity contribution in [2.75, 3.05) is 19.6 Å². The Morgan fingerprint density at radius 1 is 1.05 bits per heavy atom. The summed E-state index contributed by atoms with van der Waals surface area (Å²) in [7, 11) is 1.93. The smallest absolute Gasteiger partial charge is 0.270 e. The van der Waals surface area contributed by atoms with Crippen LogP contribution in [-0.2, 0) is 13.5 Å². The van der Waals surface area contributed by atoms with Gasteiger partial charge in [-0.1, -0.05) is 42.8 Å². The average molecular weight is 563 g/mol. The zero-order valence-electron chi connectivity index (χ0n) is 23.7. The predicted octanol–water partition coefficient (Wildman–Crippen LogP) is 6.77. The molecule has 1 fully saturated rings. The molecule has 1 aliphatic heterocycles. The monoisotopic (exact) mass is 562 g/mol. The number of aromatic amines is 1. The molecule has 2 aromatic heterocycles. The summed E-state index contributed by atoms with van der Waals surface area (Å²) in [5.41, 5.74) is 6.09. The van der Waals surface area contributed by atoms with Crippen LogP contribution in [0.3, 0.4) is 0 Å². The van der Waals surface area contributed by atoms with E-state index in [9.17, 15) is 15.2 Å². The number of nitrogens with zero attached hydrogens (tertiary/aromatic N) is 5. The molecule has 0 saturated carbocycles. The maximum Gasteiger partial charge on any atom is 0.270 e. The zero-order chi connectivity index (χ0) is 29.1. The topological polar surface area (TPSA) is 113 Å². The number of benzene rings is 3. The third kappa shape index (κ3) is 5.96. The molecule has 0 unspecified atom stereocenters. The number of fused-ring (bicyclic) bond motifs is 1. The van der Waals surface area contributed by atoms with Crippen molar-refractivity contribution < 1.29 is 10.0 Å². The first-order valence-corrected chi connectivity index (χ1v) is 14.4. The molecule has 42 heavy (non-hydrogen) atoms. The third-order valence-electron chi connectivity index (χ3n) is 7.93. The first-order chi connectivity index (χ1) is 20.4. The Balaban J connectivity index is 1.34. The van der Waals surface area contributed by atoms with Crippen LogP contribution in [0.1, 0.15) is 42.4 Å². The molecule has 6 rings (SSSR count). The number of hydrogen-bond acceptors (Lipinski definition) is 6. The van der Waals surface area contributed by atoms with Gasteiger partial charge in [0.1, 0.15) is 0 Å². The predicted molar refractivity (Wildman–Crippen MR) is 166 cm³/mol. The van der Waals surface area contributed by atoms with E-state index in [1.54, 1.807) is 12.4 Å². The number of aromatic nitrogens is 3. The first-order valence-electron chi connectivity index (χ1n) is 14.4. The number of imidazole rings is 1. The van der Waals surface area contributed by atoms with Crippen molar-refractivity contribution in [3.05, 3.63) is 106 Å². The molecule has 0 radical (unpaired) electrons. The van der Waals surface area contributed by atoms with Crippen molar-refractivity contribution in [2.24, 2.45) is 12.0 Å². The Kier molecular flexibility index (Phi) is 7.83. The second-order valence-electron chi connectivity index (χ2n) is 11.0. The SMILES string of the molecule is Cn1cnc(-c2ccc(N=C(c3ccc(CCCN4CCCCC4)cc3)c3c(O)[nH]c4ccc([N+](=O)[O-])cc34)cc2)c1. The van der Waals surface area contributed by atoms with Gasteiger partial charge in [-0.15, -0.1) is 0 Å². The fourth-order valence-corrected chi connectivity index (χ4v) is 5.70. The summed E-state index contributed by atoms with van der Waals surface area (Å²) in [5, 5.41) is 23.1. The second-order valence-corrected chi connectivity index (χ2v) is 11.0. The van der Waals surface area contributed by atoms with E-state index < -0.39 is 4.92 Å². The van der Waals surface area contributed by atoms with E-state index in [0.717, 1.165) is 36.2 Å². The molecule has 9 heteroatoms. The lowest BCUT2D eigenvalue weighted by Gasteiger charge is -2.26.